The summed E-state index contributed by atoms with van der Waals surface area (Å²) in [4.78, 5) is 0.458. The van der Waals surface area contributed by atoms with Gasteiger partial charge < -0.3 is 9.47 Å². The van der Waals surface area contributed by atoms with E-state index in [1.54, 1.807) is 4.31 Å². The fourth-order valence-electron chi connectivity index (χ4n) is 4.46. The predicted molar refractivity (Wildman–Crippen MR) is 113 cm³/mol. The molecule has 1 atom stereocenters. The van der Waals surface area contributed by atoms with Gasteiger partial charge in [0.05, 0.1) is 18.1 Å². The number of hydrogen-bond donors (Lipinski definition) is 0. The summed E-state index contributed by atoms with van der Waals surface area (Å²) in [5, 5.41) is 0. The van der Waals surface area contributed by atoms with Crippen molar-refractivity contribution in [1.82, 2.24) is 4.31 Å². The van der Waals surface area contributed by atoms with Crippen molar-refractivity contribution in [3.63, 3.8) is 0 Å². The minimum atomic E-state index is -3.63. The number of aryl methyl sites for hydroxylation is 2. The van der Waals surface area contributed by atoms with Gasteiger partial charge in [-0.2, -0.15) is 4.31 Å². The molecule has 2 aromatic rings. The van der Waals surface area contributed by atoms with Gasteiger partial charge in [0.25, 0.3) is 0 Å². The lowest BCUT2D eigenvalue weighted by Crippen LogP contribution is -2.39. The van der Waals surface area contributed by atoms with E-state index in [0.717, 1.165) is 45.6 Å². The van der Waals surface area contributed by atoms with Crippen molar-refractivity contribution in [3.05, 3.63) is 51.6 Å². The lowest BCUT2D eigenvalue weighted by molar-refractivity contribution is 0.296. The van der Waals surface area contributed by atoms with Crippen molar-refractivity contribution in [3.8, 4) is 11.5 Å². The van der Waals surface area contributed by atoms with Crippen LogP contribution in [0.2, 0.25) is 0 Å². The smallest absolute Gasteiger partial charge is 0.244 e. The predicted octanol–water partition coefficient (Wildman–Crippen LogP) is 4.39. The van der Waals surface area contributed by atoms with Gasteiger partial charge in [-0.15, -0.1) is 0 Å². The summed E-state index contributed by atoms with van der Waals surface area (Å²) >= 11 is 0. The van der Waals surface area contributed by atoms with Crippen LogP contribution in [0.1, 0.15) is 52.8 Å². The molecule has 0 fully saturated rings. The van der Waals surface area contributed by atoms with Crippen LogP contribution in [0.3, 0.4) is 0 Å². The molecule has 0 radical (unpaired) electrons. The van der Waals surface area contributed by atoms with Gasteiger partial charge in [-0.05, 0) is 86.6 Å². The third-order valence-corrected chi connectivity index (χ3v) is 8.60. The number of ether oxygens (including phenoxy) is 2. The number of rotatable bonds is 2. The summed E-state index contributed by atoms with van der Waals surface area (Å²) < 4.78 is 40.8. The largest absolute Gasteiger partial charge is 0.490 e. The average molecular weight is 416 g/mol. The highest BCUT2D eigenvalue weighted by Crippen LogP contribution is 2.41. The molecule has 0 aliphatic carbocycles. The van der Waals surface area contributed by atoms with Crippen LogP contribution in [0.15, 0.2) is 23.1 Å². The summed E-state index contributed by atoms with van der Waals surface area (Å²) in [6.07, 6.45) is 1.51. The molecule has 0 N–H and O–H groups in total. The van der Waals surface area contributed by atoms with Gasteiger partial charge in [0.1, 0.15) is 0 Å². The molecule has 29 heavy (non-hydrogen) atoms. The van der Waals surface area contributed by atoms with Gasteiger partial charge in [-0.3, -0.25) is 0 Å². The first kappa shape index (κ1) is 20.2. The molecule has 2 aliphatic heterocycles. The highest BCUT2D eigenvalue weighted by atomic mass is 32.2. The highest BCUT2D eigenvalue weighted by Gasteiger charge is 2.37. The maximum absolute atomic E-state index is 13.8. The Morgan fingerprint density at radius 1 is 0.931 bits per heavy atom. The molecular weight excluding hydrogens is 386 g/mol. The Hall–Kier alpha value is -2.05. The van der Waals surface area contributed by atoms with E-state index in [0.29, 0.717) is 36.8 Å². The molecule has 0 spiro atoms. The van der Waals surface area contributed by atoms with E-state index in [-0.39, 0.29) is 6.04 Å². The molecule has 0 aromatic heterocycles. The monoisotopic (exact) mass is 415 g/mol. The quantitative estimate of drug-likeness (QED) is 0.730. The molecule has 2 heterocycles. The minimum absolute atomic E-state index is 0.263. The number of benzene rings is 2. The molecule has 156 valence electrons. The first-order valence-corrected chi connectivity index (χ1v) is 11.7. The van der Waals surface area contributed by atoms with Crippen molar-refractivity contribution < 1.29 is 17.9 Å². The Morgan fingerprint density at radius 3 is 2.14 bits per heavy atom. The maximum Gasteiger partial charge on any atom is 0.244 e. The van der Waals surface area contributed by atoms with Crippen LogP contribution < -0.4 is 9.47 Å². The van der Waals surface area contributed by atoms with E-state index in [4.69, 9.17) is 9.47 Å². The zero-order valence-electron chi connectivity index (χ0n) is 17.8. The third-order valence-electron chi connectivity index (χ3n) is 6.36. The summed E-state index contributed by atoms with van der Waals surface area (Å²) in [6, 6.07) is 5.80. The van der Waals surface area contributed by atoms with Gasteiger partial charge >= 0.3 is 0 Å². The average Bonchev–Trinajstić information content (AvgIpc) is 2.90. The first-order valence-electron chi connectivity index (χ1n) is 10.2. The van der Waals surface area contributed by atoms with Gasteiger partial charge in [0, 0.05) is 19.0 Å². The molecule has 4 rings (SSSR count). The summed E-state index contributed by atoms with van der Waals surface area (Å²) in [5.41, 5.74) is 5.83. The number of nitrogens with zero attached hydrogens (tertiary/aromatic N) is 1. The normalized spacial score (nSPS) is 19.6. The number of fused-ring (bicyclic) bond motifs is 2. The van der Waals surface area contributed by atoms with Crippen molar-refractivity contribution >= 4 is 10.0 Å². The molecule has 0 amide bonds. The van der Waals surface area contributed by atoms with E-state index >= 15 is 0 Å². The summed E-state index contributed by atoms with van der Waals surface area (Å²) in [5.74, 6) is 1.48. The van der Waals surface area contributed by atoms with Crippen LogP contribution in [-0.2, 0) is 16.4 Å². The van der Waals surface area contributed by atoms with E-state index in [1.807, 2.05) is 46.8 Å². The van der Waals surface area contributed by atoms with Crippen LogP contribution >= 0.6 is 0 Å². The molecule has 0 bridgehead atoms. The van der Waals surface area contributed by atoms with E-state index in [9.17, 15) is 8.42 Å². The lowest BCUT2D eigenvalue weighted by Gasteiger charge is -2.35. The lowest BCUT2D eigenvalue weighted by atomic mass is 9.94. The van der Waals surface area contributed by atoms with Crippen molar-refractivity contribution in [2.24, 2.45) is 0 Å². The second kappa shape index (κ2) is 7.33. The van der Waals surface area contributed by atoms with Crippen LogP contribution in [0.4, 0.5) is 0 Å². The summed E-state index contributed by atoms with van der Waals surface area (Å²) in [7, 11) is -3.63. The second-order valence-corrected chi connectivity index (χ2v) is 10.0. The van der Waals surface area contributed by atoms with E-state index in [1.165, 1.54) is 0 Å². The second-order valence-electron chi connectivity index (χ2n) is 8.18. The zero-order valence-corrected chi connectivity index (χ0v) is 18.6. The topological polar surface area (TPSA) is 55.8 Å². The Balaban J connectivity index is 1.78. The molecule has 0 saturated heterocycles. The van der Waals surface area contributed by atoms with Crippen LogP contribution in [-0.4, -0.2) is 32.5 Å². The van der Waals surface area contributed by atoms with Crippen molar-refractivity contribution in [2.75, 3.05) is 19.8 Å². The van der Waals surface area contributed by atoms with Gasteiger partial charge in [0.15, 0.2) is 11.5 Å². The maximum atomic E-state index is 13.8. The molecule has 5 nitrogen and oxygen atoms in total. The Bertz CT molecular complexity index is 1050. The molecule has 6 heteroatoms. The standard InChI is InChI=1S/C23H29NO4S/c1-14-11-15(2)17(4)23(16(14)3)29(25,26)24-8-7-19-12-21-22(13-20(19)18(24)5)28-10-6-9-27-21/h11-13,18H,6-10H2,1-5H3. The van der Waals surface area contributed by atoms with Gasteiger partial charge in [-0.25, -0.2) is 8.42 Å². The van der Waals surface area contributed by atoms with Crippen molar-refractivity contribution in [1.29, 1.82) is 0 Å². The summed E-state index contributed by atoms with van der Waals surface area (Å²) in [6.45, 7) is 11.4. The van der Waals surface area contributed by atoms with Crippen LogP contribution in [0, 0.1) is 27.7 Å². The van der Waals surface area contributed by atoms with Gasteiger partial charge in [-0.1, -0.05) is 6.07 Å². The van der Waals surface area contributed by atoms with Crippen molar-refractivity contribution in [2.45, 2.75) is 58.4 Å². The third kappa shape index (κ3) is 3.32. The first-order chi connectivity index (χ1) is 13.7. The minimum Gasteiger partial charge on any atom is -0.490 e. The van der Waals surface area contributed by atoms with Gasteiger partial charge in [0.2, 0.25) is 10.0 Å². The van der Waals surface area contributed by atoms with E-state index < -0.39 is 10.0 Å². The zero-order chi connectivity index (χ0) is 20.9. The Labute approximate surface area is 173 Å². The molecule has 0 saturated carbocycles. The molecule has 2 aromatic carbocycles. The van der Waals surface area contributed by atoms with Crippen LogP contribution in [0.25, 0.3) is 0 Å². The molecular formula is C23H29NO4S. The fourth-order valence-corrected chi connectivity index (χ4v) is 6.66. The fraction of sp³-hybridized carbons (Fsp3) is 0.478. The number of hydrogen-bond acceptors (Lipinski definition) is 4. The Morgan fingerprint density at radius 2 is 1.52 bits per heavy atom. The van der Waals surface area contributed by atoms with Crippen LogP contribution in [0.5, 0.6) is 11.5 Å². The Kier molecular flexibility index (Phi) is 5.11. The number of sulfonamides is 1. The molecule has 1 unspecified atom stereocenters. The highest BCUT2D eigenvalue weighted by molar-refractivity contribution is 7.89. The SMILES string of the molecule is Cc1cc(C)c(C)c(S(=O)(=O)N2CCc3cc4c(cc3C2C)OCCCO4)c1C. The molecule has 2 aliphatic rings. The van der Waals surface area contributed by atoms with E-state index in [2.05, 4.69) is 6.07 Å².